The highest BCUT2D eigenvalue weighted by Gasteiger charge is 2.19. The number of amides is 1. The van der Waals surface area contributed by atoms with Crippen LogP contribution in [0.2, 0.25) is 0 Å². The first kappa shape index (κ1) is 24.7. The van der Waals surface area contributed by atoms with E-state index in [0.717, 1.165) is 5.41 Å². The molecule has 0 saturated heterocycles. The highest BCUT2D eigenvalue weighted by Crippen LogP contribution is 2.22. The summed E-state index contributed by atoms with van der Waals surface area (Å²) in [7, 11) is -3.85. The van der Waals surface area contributed by atoms with E-state index < -0.39 is 34.5 Å². The van der Waals surface area contributed by atoms with Crippen LogP contribution in [0.4, 0.5) is 5.69 Å². The van der Waals surface area contributed by atoms with Gasteiger partial charge in [-0.1, -0.05) is 48.5 Å². The van der Waals surface area contributed by atoms with E-state index in [4.69, 9.17) is 9.47 Å². The van der Waals surface area contributed by atoms with Crippen LogP contribution in [-0.4, -0.2) is 32.9 Å². The molecule has 2 N–H and O–H groups in total. The standard InChI is InChI=1S/C25H24N2O6S/c1-19(32-24(28)18-26-34(30,31)17-16-20-8-4-2-5-9-20)25(29)27-21-12-14-23(15-13-21)33-22-10-6-3-7-11-22/h2-17,19,26H,18H2,1H3,(H,27,29)/b17-16+. The second-order valence-electron chi connectivity index (χ2n) is 7.14. The van der Waals surface area contributed by atoms with Crippen LogP contribution in [0.15, 0.2) is 90.3 Å². The summed E-state index contributed by atoms with van der Waals surface area (Å²) < 4.78 is 36.9. The molecule has 1 amide bonds. The predicted octanol–water partition coefficient (Wildman–Crippen LogP) is 3.94. The lowest BCUT2D eigenvalue weighted by Crippen LogP contribution is -2.35. The van der Waals surface area contributed by atoms with E-state index in [1.54, 1.807) is 48.5 Å². The summed E-state index contributed by atoms with van der Waals surface area (Å²) in [6.45, 7) is 0.786. The van der Waals surface area contributed by atoms with Gasteiger partial charge in [-0.3, -0.25) is 9.59 Å². The number of rotatable bonds is 10. The van der Waals surface area contributed by atoms with Gasteiger partial charge in [0.15, 0.2) is 6.10 Å². The molecule has 3 aromatic carbocycles. The maximum atomic E-state index is 12.3. The molecular formula is C25H24N2O6S. The van der Waals surface area contributed by atoms with E-state index in [2.05, 4.69) is 10.0 Å². The Labute approximate surface area is 198 Å². The topological polar surface area (TPSA) is 111 Å². The molecule has 0 aliphatic carbocycles. The van der Waals surface area contributed by atoms with Crippen molar-refractivity contribution < 1.29 is 27.5 Å². The largest absolute Gasteiger partial charge is 0.457 e. The smallest absolute Gasteiger partial charge is 0.321 e. The van der Waals surface area contributed by atoms with Crippen molar-refractivity contribution in [2.24, 2.45) is 0 Å². The lowest BCUT2D eigenvalue weighted by Gasteiger charge is -2.14. The molecule has 8 nitrogen and oxygen atoms in total. The third-order valence-electron chi connectivity index (χ3n) is 4.44. The predicted molar refractivity (Wildman–Crippen MR) is 130 cm³/mol. The van der Waals surface area contributed by atoms with Crippen molar-refractivity contribution in [3.05, 3.63) is 95.9 Å². The molecule has 1 atom stereocenters. The van der Waals surface area contributed by atoms with E-state index in [1.807, 2.05) is 36.4 Å². The van der Waals surface area contributed by atoms with Gasteiger partial charge in [0.1, 0.15) is 18.0 Å². The van der Waals surface area contributed by atoms with Crippen molar-refractivity contribution in [3.8, 4) is 11.5 Å². The number of esters is 1. The van der Waals surface area contributed by atoms with Crippen LogP contribution in [0, 0.1) is 0 Å². The molecule has 0 saturated carbocycles. The maximum absolute atomic E-state index is 12.3. The maximum Gasteiger partial charge on any atom is 0.321 e. The van der Waals surface area contributed by atoms with Gasteiger partial charge in [-0.05, 0) is 55.0 Å². The first-order valence-corrected chi connectivity index (χ1v) is 11.9. The van der Waals surface area contributed by atoms with Gasteiger partial charge in [-0.15, -0.1) is 0 Å². The first-order valence-electron chi connectivity index (χ1n) is 10.4. The molecule has 9 heteroatoms. The lowest BCUT2D eigenvalue weighted by molar-refractivity contribution is -0.151. The van der Waals surface area contributed by atoms with Gasteiger partial charge in [-0.2, -0.15) is 0 Å². The molecule has 1 unspecified atom stereocenters. The summed E-state index contributed by atoms with van der Waals surface area (Å²) in [5.41, 5.74) is 1.18. The van der Waals surface area contributed by atoms with E-state index in [9.17, 15) is 18.0 Å². The Morgan fingerprint density at radius 1 is 0.882 bits per heavy atom. The minimum Gasteiger partial charge on any atom is -0.457 e. The fourth-order valence-corrected chi connectivity index (χ4v) is 3.46. The van der Waals surface area contributed by atoms with E-state index in [1.165, 1.54) is 13.0 Å². The summed E-state index contributed by atoms with van der Waals surface area (Å²) in [6.07, 6.45) is 0.275. The molecule has 34 heavy (non-hydrogen) atoms. The second kappa shape index (κ2) is 11.8. The fourth-order valence-electron chi connectivity index (χ4n) is 2.71. The van der Waals surface area contributed by atoms with Crippen LogP contribution < -0.4 is 14.8 Å². The fraction of sp³-hybridized carbons (Fsp3) is 0.120. The molecule has 0 aromatic heterocycles. The normalized spacial score (nSPS) is 12.1. The van der Waals surface area contributed by atoms with E-state index in [-0.39, 0.29) is 0 Å². The Morgan fingerprint density at radius 2 is 1.47 bits per heavy atom. The van der Waals surface area contributed by atoms with Crippen LogP contribution in [-0.2, 0) is 24.3 Å². The number of benzene rings is 3. The monoisotopic (exact) mass is 480 g/mol. The van der Waals surface area contributed by atoms with Crippen molar-refractivity contribution >= 4 is 33.7 Å². The van der Waals surface area contributed by atoms with Crippen molar-refractivity contribution in [2.75, 3.05) is 11.9 Å². The quantitative estimate of drug-likeness (QED) is 0.425. The zero-order chi connectivity index (χ0) is 24.4. The average molecular weight is 481 g/mol. The lowest BCUT2D eigenvalue weighted by atomic mass is 10.2. The molecule has 0 heterocycles. The summed E-state index contributed by atoms with van der Waals surface area (Å²) in [4.78, 5) is 24.3. The van der Waals surface area contributed by atoms with Crippen molar-refractivity contribution in [1.29, 1.82) is 0 Å². The molecule has 0 radical (unpaired) electrons. The summed E-state index contributed by atoms with van der Waals surface area (Å²) in [5.74, 6) is -0.161. The third kappa shape index (κ3) is 8.19. The summed E-state index contributed by atoms with van der Waals surface area (Å²) >= 11 is 0. The van der Waals surface area contributed by atoms with Crippen molar-refractivity contribution in [2.45, 2.75) is 13.0 Å². The van der Waals surface area contributed by atoms with E-state index in [0.29, 0.717) is 22.7 Å². The molecule has 0 spiro atoms. The number of nitrogens with one attached hydrogen (secondary N) is 2. The van der Waals surface area contributed by atoms with Crippen molar-refractivity contribution in [1.82, 2.24) is 4.72 Å². The molecular weight excluding hydrogens is 456 g/mol. The molecule has 0 bridgehead atoms. The van der Waals surface area contributed by atoms with Crippen LogP contribution in [0.25, 0.3) is 6.08 Å². The summed E-state index contributed by atoms with van der Waals surface area (Å²) in [6, 6.07) is 24.8. The zero-order valence-electron chi connectivity index (χ0n) is 18.4. The van der Waals surface area contributed by atoms with Crippen LogP contribution >= 0.6 is 0 Å². The Bertz CT molecular complexity index is 1230. The average Bonchev–Trinajstić information content (AvgIpc) is 2.84. The number of anilines is 1. The Hall–Kier alpha value is -3.95. The van der Waals surface area contributed by atoms with Crippen LogP contribution in [0.1, 0.15) is 12.5 Å². The second-order valence-corrected chi connectivity index (χ2v) is 8.79. The highest BCUT2D eigenvalue weighted by molar-refractivity contribution is 7.92. The number of hydrogen-bond donors (Lipinski definition) is 2. The van der Waals surface area contributed by atoms with Gasteiger partial charge in [-0.25, -0.2) is 13.1 Å². The number of para-hydroxylation sites is 1. The van der Waals surface area contributed by atoms with E-state index >= 15 is 0 Å². The Morgan fingerprint density at radius 3 is 2.12 bits per heavy atom. The minimum atomic E-state index is -3.85. The Kier molecular flexibility index (Phi) is 8.55. The molecule has 0 aliphatic rings. The van der Waals surface area contributed by atoms with Gasteiger partial charge in [0.25, 0.3) is 5.91 Å². The number of sulfonamides is 1. The number of hydrogen-bond acceptors (Lipinski definition) is 6. The van der Waals surface area contributed by atoms with Crippen molar-refractivity contribution in [3.63, 3.8) is 0 Å². The van der Waals surface area contributed by atoms with Gasteiger partial charge >= 0.3 is 5.97 Å². The number of carbonyl (C=O) groups is 2. The third-order valence-corrected chi connectivity index (χ3v) is 5.48. The molecule has 0 aliphatic heterocycles. The molecule has 176 valence electrons. The number of ether oxygens (including phenoxy) is 2. The van der Waals surface area contributed by atoms with Gasteiger partial charge in [0, 0.05) is 11.1 Å². The minimum absolute atomic E-state index is 0.486. The molecule has 3 rings (SSSR count). The molecule has 0 fully saturated rings. The Balaban J connectivity index is 1.44. The first-order chi connectivity index (χ1) is 16.3. The zero-order valence-corrected chi connectivity index (χ0v) is 19.2. The molecule has 3 aromatic rings. The van der Waals surface area contributed by atoms with Crippen LogP contribution in [0.3, 0.4) is 0 Å². The van der Waals surface area contributed by atoms with Gasteiger partial charge < -0.3 is 14.8 Å². The number of carbonyl (C=O) groups excluding carboxylic acids is 2. The highest BCUT2D eigenvalue weighted by atomic mass is 32.2. The van der Waals surface area contributed by atoms with Crippen LogP contribution in [0.5, 0.6) is 11.5 Å². The van der Waals surface area contributed by atoms with Gasteiger partial charge in [0.2, 0.25) is 10.0 Å². The van der Waals surface area contributed by atoms with Gasteiger partial charge in [0.05, 0.1) is 0 Å². The SMILES string of the molecule is CC(OC(=O)CNS(=O)(=O)/C=C/c1ccccc1)C(=O)Nc1ccc(Oc2ccccc2)cc1. The summed E-state index contributed by atoms with van der Waals surface area (Å²) in [5, 5.41) is 3.58.